The second kappa shape index (κ2) is 7.88. The highest BCUT2D eigenvalue weighted by Gasteiger charge is 2.28. The minimum atomic E-state index is -0.156. The molecule has 0 aliphatic carbocycles. The van der Waals surface area contributed by atoms with Gasteiger partial charge < -0.3 is 14.8 Å². The Hall–Kier alpha value is -2.94. The van der Waals surface area contributed by atoms with Crippen LogP contribution in [0.15, 0.2) is 42.5 Å². The van der Waals surface area contributed by atoms with Crippen molar-refractivity contribution in [1.29, 1.82) is 0 Å². The highest BCUT2D eigenvalue weighted by molar-refractivity contribution is 7.23. The van der Waals surface area contributed by atoms with Crippen LogP contribution in [0.2, 0.25) is 0 Å². The van der Waals surface area contributed by atoms with Crippen LogP contribution >= 0.6 is 22.7 Å². The highest BCUT2D eigenvalue weighted by atomic mass is 32.1. The molecule has 6 nitrogen and oxygen atoms in total. The van der Waals surface area contributed by atoms with E-state index >= 15 is 0 Å². The molecule has 0 saturated heterocycles. The minimum Gasteiger partial charge on any atom is -0.454 e. The van der Waals surface area contributed by atoms with E-state index in [0.29, 0.717) is 17.1 Å². The van der Waals surface area contributed by atoms with Crippen LogP contribution in [-0.2, 0) is 13.0 Å². The van der Waals surface area contributed by atoms with Crippen molar-refractivity contribution in [2.24, 2.45) is 0 Å². The maximum atomic E-state index is 13.2. The number of thiazole rings is 1. The van der Waals surface area contributed by atoms with Gasteiger partial charge in [0.1, 0.15) is 10.0 Å². The van der Waals surface area contributed by atoms with E-state index < -0.39 is 0 Å². The molecule has 0 fully saturated rings. The Morgan fingerprint density at radius 3 is 2.91 bits per heavy atom. The van der Waals surface area contributed by atoms with Gasteiger partial charge >= 0.3 is 0 Å². The molecule has 2 aliphatic heterocycles. The second-order valence-electron chi connectivity index (χ2n) is 7.84. The summed E-state index contributed by atoms with van der Waals surface area (Å²) in [6, 6.07) is 13.5. The molecule has 0 saturated carbocycles. The molecule has 0 radical (unpaired) electrons. The third kappa shape index (κ3) is 3.35. The van der Waals surface area contributed by atoms with Gasteiger partial charge in [-0.15, -0.1) is 22.7 Å². The summed E-state index contributed by atoms with van der Waals surface area (Å²) in [6.07, 6.45) is 0.963. The van der Waals surface area contributed by atoms with E-state index in [9.17, 15) is 4.79 Å². The summed E-state index contributed by atoms with van der Waals surface area (Å²) in [5, 5.41) is 5.02. The number of likely N-dealkylation sites (N-methyl/N-ethyl adjacent to an activating group) is 1. The average Bonchev–Trinajstić information content (AvgIpc) is 3.53. The van der Waals surface area contributed by atoms with Gasteiger partial charge in [-0.25, -0.2) is 4.98 Å². The van der Waals surface area contributed by atoms with Crippen molar-refractivity contribution in [2.45, 2.75) is 19.9 Å². The molecule has 6 rings (SSSR count). The van der Waals surface area contributed by atoms with Crippen molar-refractivity contribution in [2.75, 3.05) is 25.2 Å². The lowest BCUT2D eigenvalue weighted by molar-refractivity contribution is 0.102. The summed E-state index contributed by atoms with van der Waals surface area (Å²) < 4.78 is 12.0. The molecule has 0 atom stereocenters. The Balaban J connectivity index is 1.41. The number of hydrogen-bond donors (Lipinski definition) is 1. The van der Waals surface area contributed by atoms with Crippen molar-refractivity contribution in [1.82, 2.24) is 9.88 Å². The van der Waals surface area contributed by atoms with Crippen LogP contribution in [0, 0.1) is 0 Å². The third-order valence-corrected chi connectivity index (χ3v) is 8.14. The number of carbonyl (C=O) groups excluding carboxylic acids is 1. The topological polar surface area (TPSA) is 63.7 Å². The van der Waals surface area contributed by atoms with Crippen LogP contribution in [0.1, 0.15) is 27.7 Å². The van der Waals surface area contributed by atoms with Gasteiger partial charge in [-0.1, -0.05) is 19.1 Å². The fraction of sp³-hybridized carbons (Fsp3) is 0.250. The number of nitrogens with zero attached hydrogens (tertiary/aromatic N) is 2. The molecule has 2 aromatic heterocycles. The Bertz CT molecular complexity index is 1310. The summed E-state index contributed by atoms with van der Waals surface area (Å²) in [5.41, 5.74) is 3.94. The third-order valence-electron chi connectivity index (χ3n) is 5.95. The molecule has 162 valence electrons. The van der Waals surface area contributed by atoms with Crippen molar-refractivity contribution in [3.8, 4) is 22.1 Å². The molecular weight excluding hydrogens is 442 g/mol. The molecule has 1 amide bonds. The fourth-order valence-electron chi connectivity index (χ4n) is 4.23. The van der Waals surface area contributed by atoms with Gasteiger partial charge in [0.2, 0.25) is 6.79 Å². The first-order valence-electron chi connectivity index (χ1n) is 10.6. The van der Waals surface area contributed by atoms with Gasteiger partial charge in [0.05, 0.1) is 10.2 Å². The monoisotopic (exact) mass is 463 g/mol. The first-order valence-corrected chi connectivity index (χ1v) is 12.3. The molecule has 0 bridgehead atoms. The Morgan fingerprint density at radius 2 is 2.03 bits per heavy atom. The summed E-state index contributed by atoms with van der Waals surface area (Å²) >= 11 is 3.35. The van der Waals surface area contributed by atoms with Gasteiger partial charge in [-0.2, -0.15) is 0 Å². The highest BCUT2D eigenvalue weighted by Crippen LogP contribution is 2.46. The summed E-state index contributed by atoms with van der Waals surface area (Å²) in [7, 11) is 0. The SMILES string of the molecule is CCN1CCc2c(sc(NC(=O)c3ccc4c(c3)OCO4)c2-c2nc3ccccc3s2)C1. The predicted molar refractivity (Wildman–Crippen MR) is 128 cm³/mol. The number of nitrogens with one attached hydrogen (secondary N) is 1. The van der Waals surface area contributed by atoms with E-state index in [4.69, 9.17) is 14.5 Å². The lowest BCUT2D eigenvalue weighted by atomic mass is 10.0. The number of amides is 1. The quantitative estimate of drug-likeness (QED) is 0.440. The first-order chi connectivity index (χ1) is 15.7. The molecule has 4 heterocycles. The summed E-state index contributed by atoms with van der Waals surface area (Å²) in [6.45, 7) is 5.33. The van der Waals surface area contributed by atoms with Crippen LogP contribution < -0.4 is 14.8 Å². The minimum absolute atomic E-state index is 0.156. The standard InChI is InChI=1S/C24H21N3O3S2/c1-2-27-10-9-15-20(12-27)32-24(21(15)23-25-16-5-3-4-6-19(16)31-23)26-22(28)14-7-8-17-18(11-14)30-13-29-17/h3-8,11H,2,9-10,12-13H2,1H3,(H,26,28). The Morgan fingerprint density at radius 1 is 1.16 bits per heavy atom. The van der Waals surface area contributed by atoms with Crippen molar-refractivity contribution in [3.05, 3.63) is 58.5 Å². The number of anilines is 1. The molecule has 8 heteroatoms. The van der Waals surface area contributed by atoms with Gasteiger partial charge in [-0.3, -0.25) is 9.69 Å². The number of hydrogen-bond acceptors (Lipinski definition) is 7. The molecule has 0 spiro atoms. The van der Waals surface area contributed by atoms with Gasteiger partial charge in [0.25, 0.3) is 5.91 Å². The van der Waals surface area contributed by atoms with Crippen LogP contribution in [0.25, 0.3) is 20.8 Å². The molecule has 0 unspecified atom stereocenters. The first kappa shape index (κ1) is 19.7. The number of para-hydroxylation sites is 1. The largest absolute Gasteiger partial charge is 0.454 e. The van der Waals surface area contributed by atoms with E-state index in [2.05, 4.69) is 23.2 Å². The lowest BCUT2D eigenvalue weighted by Crippen LogP contribution is -2.29. The molecule has 32 heavy (non-hydrogen) atoms. The number of carbonyl (C=O) groups is 1. The zero-order valence-electron chi connectivity index (χ0n) is 17.5. The van der Waals surface area contributed by atoms with Crippen LogP contribution in [0.4, 0.5) is 5.00 Å². The number of ether oxygens (including phenoxy) is 2. The summed E-state index contributed by atoms with van der Waals surface area (Å²) in [5.74, 6) is 1.12. The van der Waals surface area contributed by atoms with Gasteiger partial charge in [0.15, 0.2) is 11.5 Å². The average molecular weight is 464 g/mol. The molecule has 2 aromatic carbocycles. The molecule has 2 aliphatic rings. The number of rotatable bonds is 4. The molecule has 4 aromatic rings. The van der Waals surface area contributed by atoms with Crippen molar-refractivity contribution >= 4 is 43.8 Å². The maximum Gasteiger partial charge on any atom is 0.256 e. The van der Waals surface area contributed by atoms with Crippen LogP contribution in [-0.4, -0.2) is 35.7 Å². The molecular formula is C24H21N3O3S2. The van der Waals surface area contributed by atoms with Gasteiger partial charge in [0, 0.05) is 29.1 Å². The van der Waals surface area contributed by atoms with E-state index in [1.165, 1.54) is 10.4 Å². The smallest absolute Gasteiger partial charge is 0.256 e. The molecule has 1 N–H and O–H groups in total. The zero-order chi connectivity index (χ0) is 21.7. The second-order valence-corrected chi connectivity index (χ2v) is 9.97. The summed E-state index contributed by atoms with van der Waals surface area (Å²) in [4.78, 5) is 21.8. The maximum absolute atomic E-state index is 13.2. The lowest BCUT2D eigenvalue weighted by Gasteiger charge is -2.25. The number of thiophene rings is 1. The van der Waals surface area contributed by atoms with Crippen LogP contribution in [0.3, 0.4) is 0 Å². The van der Waals surface area contributed by atoms with E-state index in [-0.39, 0.29) is 12.7 Å². The van der Waals surface area contributed by atoms with E-state index in [1.54, 1.807) is 40.9 Å². The van der Waals surface area contributed by atoms with Crippen molar-refractivity contribution < 1.29 is 14.3 Å². The van der Waals surface area contributed by atoms with E-state index in [1.807, 2.05) is 18.2 Å². The number of benzene rings is 2. The van der Waals surface area contributed by atoms with Crippen LogP contribution in [0.5, 0.6) is 11.5 Å². The predicted octanol–water partition coefficient (Wildman–Crippen LogP) is 5.38. The van der Waals surface area contributed by atoms with Gasteiger partial charge in [-0.05, 0) is 48.9 Å². The van der Waals surface area contributed by atoms with Crippen molar-refractivity contribution in [3.63, 3.8) is 0 Å². The van der Waals surface area contributed by atoms with E-state index in [0.717, 1.165) is 51.8 Å². The zero-order valence-corrected chi connectivity index (χ0v) is 19.1. The number of aromatic nitrogens is 1. The number of fused-ring (bicyclic) bond motifs is 3. The Labute approximate surface area is 193 Å². The normalized spacial score (nSPS) is 15.2. The Kier molecular flexibility index (Phi) is 4.86. The fourth-order valence-corrected chi connectivity index (χ4v) is 6.63.